The summed E-state index contributed by atoms with van der Waals surface area (Å²) in [6.07, 6.45) is 1.40. The van der Waals surface area contributed by atoms with Crippen molar-refractivity contribution >= 4 is 16.7 Å². The van der Waals surface area contributed by atoms with E-state index in [1.807, 2.05) is 17.6 Å². The molecule has 0 radical (unpaired) electrons. The first-order valence-electron chi connectivity index (χ1n) is 9.79. The number of aliphatic hydroxyl groups excluding tert-OH is 1. The van der Waals surface area contributed by atoms with Gasteiger partial charge in [-0.05, 0) is 31.2 Å². The van der Waals surface area contributed by atoms with Gasteiger partial charge < -0.3 is 19.7 Å². The summed E-state index contributed by atoms with van der Waals surface area (Å²) in [7, 11) is 1.57. The van der Waals surface area contributed by atoms with Crippen LogP contribution < -0.4 is 10.1 Å². The standard InChI is InChI=1S/C23H22F2N4O2/c1-14-9-17-21(31-2)6-5-18(24)23(17)29(14)8-7-26-22-11-20(27-13-28-22)15-3-4-16(12-30)19(25)10-15/h3-6,9-11,13,30H,7-8,12H2,1-2H3,(H,26,27,28). The van der Waals surface area contributed by atoms with E-state index in [0.29, 0.717) is 41.4 Å². The smallest absolute Gasteiger partial charge is 0.147 e. The Labute approximate surface area is 178 Å². The van der Waals surface area contributed by atoms with Gasteiger partial charge in [-0.3, -0.25) is 0 Å². The maximum atomic E-state index is 14.5. The Hall–Kier alpha value is -3.52. The van der Waals surface area contributed by atoms with Crippen LogP contribution in [0.2, 0.25) is 0 Å². The highest BCUT2D eigenvalue weighted by Crippen LogP contribution is 2.30. The number of fused-ring (bicyclic) bond motifs is 1. The Balaban J connectivity index is 1.52. The lowest BCUT2D eigenvalue weighted by Gasteiger charge is -2.12. The van der Waals surface area contributed by atoms with E-state index in [1.165, 1.54) is 24.5 Å². The molecule has 0 spiro atoms. The summed E-state index contributed by atoms with van der Waals surface area (Å²) in [6.45, 7) is 2.57. The van der Waals surface area contributed by atoms with Crippen LogP contribution in [0.5, 0.6) is 5.75 Å². The Morgan fingerprint density at radius 2 is 1.90 bits per heavy atom. The van der Waals surface area contributed by atoms with Crippen LogP contribution in [-0.4, -0.2) is 33.3 Å². The summed E-state index contributed by atoms with van der Waals surface area (Å²) in [5.41, 5.74) is 2.79. The quantitative estimate of drug-likeness (QED) is 0.463. The zero-order valence-corrected chi connectivity index (χ0v) is 17.2. The van der Waals surface area contributed by atoms with E-state index in [0.717, 1.165) is 11.1 Å². The zero-order valence-electron chi connectivity index (χ0n) is 17.2. The first kappa shape index (κ1) is 20.7. The lowest BCUT2D eigenvalue weighted by atomic mass is 10.1. The molecule has 2 aromatic carbocycles. The van der Waals surface area contributed by atoms with Gasteiger partial charge in [0.15, 0.2) is 0 Å². The van der Waals surface area contributed by atoms with Gasteiger partial charge in [0.1, 0.15) is 29.5 Å². The van der Waals surface area contributed by atoms with Crippen molar-refractivity contribution in [3.63, 3.8) is 0 Å². The summed E-state index contributed by atoms with van der Waals surface area (Å²) in [5.74, 6) is 0.414. The highest BCUT2D eigenvalue weighted by atomic mass is 19.1. The lowest BCUT2D eigenvalue weighted by Crippen LogP contribution is -2.13. The molecule has 31 heavy (non-hydrogen) atoms. The number of nitrogens with zero attached hydrogens (tertiary/aromatic N) is 3. The number of ether oxygens (including phenoxy) is 1. The van der Waals surface area contributed by atoms with Crippen LogP contribution in [0.4, 0.5) is 14.6 Å². The molecule has 160 valence electrons. The number of halogens is 2. The number of anilines is 1. The fraction of sp³-hybridized carbons (Fsp3) is 0.217. The topological polar surface area (TPSA) is 72.2 Å². The predicted octanol–water partition coefficient (Wildman–Crippen LogP) is 4.30. The van der Waals surface area contributed by atoms with Crippen LogP contribution in [0.3, 0.4) is 0 Å². The maximum Gasteiger partial charge on any atom is 0.147 e. The monoisotopic (exact) mass is 424 g/mol. The minimum atomic E-state index is -0.486. The summed E-state index contributed by atoms with van der Waals surface area (Å²) < 4.78 is 35.7. The van der Waals surface area contributed by atoms with E-state index in [9.17, 15) is 8.78 Å². The number of methoxy groups -OCH3 is 1. The van der Waals surface area contributed by atoms with Crippen molar-refractivity contribution in [1.29, 1.82) is 0 Å². The average Bonchev–Trinajstić information content (AvgIpc) is 3.11. The van der Waals surface area contributed by atoms with Crippen LogP contribution in [0, 0.1) is 18.6 Å². The van der Waals surface area contributed by atoms with Crippen molar-refractivity contribution in [3.8, 4) is 17.0 Å². The fourth-order valence-corrected chi connectivity index (χ4v) is 3.65. The van der Waals surface area contributed by atoms with Gasteiger partial charge in [0.25, 0.3) is 0 Å². The predicted molar refractivity (Wildman–Crippen MR) is 115 cm³/mol. The molecule has 8 heteroatoms. The molecule has 2 aromatic heterocycles. The molecule has 0 saturated carbocycles. The number of aryl methyl sites for hydroxylation is 1. The van der Waals surface area contributed by atoms with Gasteiger partial charge >= 0.3 is 0 Å². The van der Waals surface area contributed by atoms with Crippen LogP contribution in [0.15, 0.2) is 48.8 Å². The molecule has 0 aliphatic rings. The van der Waals surface area contributed by atoms with E-state index in [4.69, 9.17) is 9.84 Å². The first-order chi connectivity index (χ1) is 15.0. The SMILES string of the molecule is COc1ccc(F)c2c1cc(C)n2CCNc1cc(-c2ccc(CO)c(F)c2)ncn1. The van der Waals surface area contributed by atoms with Crippen molar-refractivity contribution in [2.75, 3.05) is 19.0 Å². The Morgan fingerprint density at radius 3 is 2.65 bits per heavy atom. The first-order valence-corrected chi connectivity index (χ1v) is 9.79. The second kappa shape index (κ2) is 8.69. The van der Waals surface area contributed by atoms with Gasteiger partial charge in [-0.15, -0.1) is 0 Å². The number of nitrogens with one attached hydrogen (secondary N) is 1. The molecule has 0 aliphatic heterocycles. The van der Waals surface area contributed by atoms with Crippen molar-refractivity contribution in [3.05, 3.63) is 71.7 Å². The molecular weight excluding hydrogens is 402 g/mol. The number of hydrogen-bond acceptors (Lipinski definition) is 5. The molecule has 0 bridgehead atoms. The highest BCUT2D eigenvalue weighted by molar-refractivity contribution is 5.88. The van der Waals surface area contributed by atoms with Gasteiger partial charge in [-0.2, -0.15) is 0 Å². The van der Waals surface area contributed by atoms with Crippen LogP contribution in [-0.2, 0) is 13.2 Å². The largest absolute Gasteiger partial charge is 0.496 e. The van der Waals surface area contributed by atoms with Crippen molar-refractivity contribution in [2.45, 2.75) is 20.1 Å². The third kappa shape index (κ3) is 4.06. The zero-order chi connectivity index (χ0) is 22.0. The maximum absolute atomic E-state index is 14.5. The minimum absolute atomic E-state index is 0.231. The minimum Gasteiger partial charge on any atom is -0.496 e. The molecule has 6 nitrogen and oxygen atoms in total. The second-order valence-corrected chi connectivity index (χ2v) is 7.13. The van der Waals surface area contributed by atoms with E-state index >= 15 is 0 Å². The normalized spacial score (nSPS) is 11.1. The highest BCUT2D eigenvalue weighted by Gasteiger charge is 2.14. The van der Waals surface area contributed by atoms with Gasteiger partial charge in [-0.25, -0.2) is 18.7 Å². The summed E-state index contributed by atoms with van der Waals surface area (Å²) >= 11 is 0. The van der Waals surface area contributed by atoms with Gasteiger partial charge in [0, 0.05) is 41.4 Å². The third-order valence-corrected chi connectivity index (χ3v) is 5.22. The van der Waals surface area contributed by atoms with Crippen molar-refractivity contribution in [2.24, 2.45) is 0 Å². The van der Waals surface area contributed by atoms with Crippen molar-refractivity contribution in [1.82, 2.24) is 14.5 Å². The molecule has 0 fully saturated rings. The summed E-state index contributed by atoms with van der Waals surface area (Å²) in [4.78, 5) is 8.41. The molecule has 2 heterocycles. The number of aromatic nitrogens is 3. The van der Waals surface area contributed by atoms with Crippen LogP contribution >= 0.6 is 0 Å². The van der Waals surface area contributed by atoms with E-state index in [1.54, 1.807) is 25.3 Å². The lowest BCUT2D eigenvalue weighted by molar-refractivity contribution is 0.276. The van der Waals surface area contributed by atoms with E-state index in [-0.39, 0.29) is 18.0 Å². The van der Waals surface area contributed by atoms with Crippen LogP contribution in [0.1, 0.15) is 11.3 Å². The van der Waals surface area contributed by atoms with E-state index < -0.39 is 5.82 Å². The van der Waals surface area contributed by atoms with Gasteiger partial charge in [0.05, 0.1) is 24.9 Å². The molecule has 0 saturated heterocycles. The number of benzene rings is 2. The molecule has 0 atom stereocenters. The number of aliphatic hydroxyl groups is 1. The summed E-state index contributed by atoms with van der Waals surface area (Å²) in [5, 5.41) is 13.1. The molecule has 4 aromatic rings. The molecule has 0 unspecified atom stereocenters. The van der Waals surface area contributed by atoms with Gasteiger partial charge in [0.2, 0.25) is 0 Å². The number of rotatable bonds is 7. The fourth-order valence-electron chi connectivity index (χ4n) is 3.65. The molecule has 4 rings (SSSR count). The molecular formula is C23H22F2N4O2. The third-order valence-electron chi connectivity index (χ3n) is 5.22. The summed E-state index contributed by atoms with van der Waals surface area (Å²) in [6, 6.07) is 11.2. The van der Waals surface area contributed by atoms with Gasteiger partial charge in [-0.1, -0.05) is 12.1 Å². The molecule has 2 N–H and O–H groups in total. The Kier molecular flexibility index (Phi) is 5.81. The Bertz CT molecular complexity index is 1240. The van der Waals surface area contributed by atoms with E-state index in [2.05, 4.69) is 15.3 Å². The average molecular weight is 424 g/mol. The van der Waals surface area contributed by atoms with Crippen LogP contribution in [0.25, 0.3) is 22.2 Å². The molecule has 0 aliphatic carbocycles. The molecule has 0 amide bonds. The second-order valence-electron chi connectivity index (χ2n) is 7.13. The number of hydrogen-bond donors (Lipinski definition) is 2. The Morgan fingerprint density at radius 1 is 1.06 bits per heavy atom. The van der Waals surface area contributed by atoms with Crippen molar-refractivity contribution < 1.29 is 18.6 Å².